The number of nitrogens with zero attached hydrogens (tertiary/aromatic N) is 2. The Kier molecular flexibility index (Phi) is 5.51. The maximum atomic E-state index is 13.4. The van der Waals surface area contributed by atoms with Gasteiger partial charge in [-0.15, -0.1) is 0 Å². The first-order valence-electron chi connectivity index (χ1n) is 9.21. The van der Waals surface area contributed by atoms with Crippen LogP contribution in [-0.4, -0.2) is 21.7 Å². The van der Waals surface area contributed by atoms with Gasteiger partial charge in [0.2, 0.25) is 5.78 Å². The van der Waals surface area contributed by atoms with Crippen LogP contribution in [0, 0.1) is 0 Å². The Balaban J connectivity index is 1.57. The number of imidazole rings is 1. The van der Waals surface area contributed by atoms with E-state index in [1.165, 1.54) is 5.56 Å². The number of ketones is 1. The molecule has 1 N–H and O–H groups in total. The van der Waals surface area contributed by atoms with Gasteiger partial charge < -0.3 is 5.32 Å². The number of rotatable bonds is 7. The largest absolute Gasteiger partial charge is 0.303 e. The summed E-state index contributed by atoms with van der Waals surface area (Å²) in [4.78, 5) is 17.7. The molecule has 0 saturated carbocycles. The minimum atomic E-state index is -0.436. The smallest absolute Gasteiger partial charge is 0.202 e. The zero-order valence-corrected chi connectivity index (χ0v) is 16.0. The molecular formula is C23H20ClN3O. The number of fused-ring (bicyclic) bond motifs is 1. The predicted molar refractivity (Wildman–Crippen MR) is 112 cm³/mol. The zero-order valence-electron chi connectivity index (χ0n) is 15.3. The molecule has 28 heavy (non-hydrogen) atoms. The molecule has 0 spiro atoms. The molecule has 2 heterocycles. The molecule has 2 aromatic carbocycles. The molecule has 0 fully saturated rings. The molecule has 4 rings (SSSR count). The predicted octanol–water partition coefficient (Wildman–Crippen LogP) is 4.74. The second-order valence-corrected chi connectivity index (χ2v) is 7.05. The third-order valence-electron chi connectivity index (χ3n) is 4.74. The van der Waals surface area contributed by atoms with E-state index in [-0.39, 0.29) is 5.78 Å². The number of aromatic nitrogens is 2. The lowest BCUT2D eigenvalue weighted by Crippen LogP contribution is -2.31. The van der Waals surface area contributed by atoms with Gasteiger partial charge in [-0.05, 0) is 41.8 Å². The minimum Gasteiger partial charge on any atom is -0.303 e. The van der Waals surface area contributed by atoms with E-state index in [1.807, 2.05) is 83.4 Å². The minimum absolute atomic E-state index is 0.000932. The number of pyridine rings is 1. The number of carbonyl (C=O) groups excluding carboxylic acids is 1. The fraction of sp³-hybridized carbons (Fsp3) is 0.130. The molecule has 140 valence electrons. The van der Waals surface area contributed by atoms with E-state index < -0.39 is 6.04 Å². The standard InChI is InChI=1S/C23H20ClN3O/c24-19-11-9-17(10-12-19)13-14-25-22(18-6-2-1-3-7-18)23(28)20-16-26-21-8-4-5-15-27(20)21/h1-12,15-16,22,25H,13-14H2/t22-/m0/s1. The van der Waals surface area contributed by atoms with E-state index in [4.69, 9.17) is 11.6 Å². The second-order valence-electron chi connectivity index (χ2n) is 6.61. The van der Waals surface area contributed by atoms with Gasteiger partial charge in [0.1, 0.15) is 11.3 Å². The lowest BCUT2D eigenvalue weighted by Gasteiger charge is -2.18. The van der Waals surface area contributed by atoms with Gasteiger partial charge in [-0.3, -0.25) is 9.20 Å². The summed E-state index contributed by atoms with van der Waals surface area (Å²) in [5.74, 6) is 0.000932. The Hall–Kier alpha value is -2.95. The van der Waals surface area contributed by atoms with Crippen molar-refractivity contribution in [2.45, 2.75) is 12.5 Å². The van der Waals surface area contributed by atoms with Gasteiger partial charge in [0.05, 0.1) is 12.2 Å². The normalized spacial score (nSPS) is 12.2. The summed E-state index contributed by atoms with van der Waals surface area (Å²) in [5, 5.41) is 4.15. The number of carbonyl (C=O) groups is 1. The van der Waals surface area contributed by atoms with Crippen LogP contribution in [0.3, 0.4) is 0 Å². The molecule has 0 aliphatic rings. The first-order chi connectivity index (χ1) is 13.7. The molecule has 0 unspecified atom stereocenters. The monoisotopic (exact) mass is 389 g/mol. The van der Waals surface area contributed by atoms with E-state index in [9.17, 15) is 4.79 Å². The molecule has 1 atom stereocenters. The summed E-state index contributed by atoms with van der Waals surface area (Å²) in [6, 6.07) is 22.8. The lowest BCUT2D eigenvalue weighted by molar-refractivity contribution is 0.0937. The molecule has 0 aliphatic heterocycles. The first kappa shape index (κ1) is 18.4. The quantitative estimate of drug-likeness (QED) is 0.464. The SMILES string of the molecule is O=C(c1cnc2ccccn12)[C@@H](NCCc1ccc(Cl)cc1)c1ccccc1. The van der Waals surface area contributed by atoms with E-state index >= 15 is 0 Å². The number of hydrogen-bond donors (Lipinski definition) is 1. The highest BCUT2D eigenvalue weighted by molar-refractivity contribution is 6.30. The van der Waals surface area contributed by atoms with Crippen molar-refractivity contribution >= 4 is 23.0 Å². The van der Waals surface area contributed by atoms with E-state index in [1.54, 1.807) is 6.20 Å². The van der Waals surface area contributed by atoms with Gasteiger partial charge >= 0.3 is 0 Å². The van der Waals surface area contributed by atoms with Crippen molar-refractivity contribution in [1.82, 2.24) is 14.7 Å². The van der Waals surface area contributed by atoms with E-state index in [0.717, 1.165) is 22.7 Å². The number of halogens is 1. The molecule has 0 aliphatic carbocycles. The van der Waals surface area contributed by atoms with Crippen molar-refractivity contribution < 1.29 is 4.79 Å². The van der Waals surface area contributed by atoms with Crippen molar-refractivity contribution in [3.05, 3.63) is 107 Å². The summed E-state index contributed by atoms with van der Waals surface area (Å²) in [6.45, 7) is 0.670. The average molecular weight is 390 g/mol. The summed E-state index contributed by atoms with van der Waals surface area (Å²) in [5.41, 5.74) is 3.45. The fourth-order valence-electron chi connectivity index (χ4n) is 3.28. The van der Waals surface area contributed by atoms with Crippen LogP contribution >= 0.6 is 11.6 Å². The van der Waals surface area contributed by atoms with Crippen LogP contribution in [0.1, 0.15) is 27.7 Å². The molecule has 0 amide bonds. The topological polar surface area (TPSA) is 46.4 Å². The Morgan fingerprint density at radius 2 is 1.75 bits per heavy atom. The molecule has 0 saturated heterocycles. The maximum Gasteiger partial charge on any atom is 0.202 e. The van der Waals surface area contributed by atoms with Gasteiger partial charge in [-0.2, -0.15) is 0 Å². The van der Waals surface area contributed by atoms with Crippen molar-refractivity contribution in [3.8, 4) is 0 Å². The first-order valence-corrected chi connectivity index (χ1v) is 9.59. The zero-order chi connectivity index (χ0) is 19.3. The number of Topliss-reactive ketones (excluding diaryl/α,β-unsaturated/α-hetero) is 1. The van der Waals surface area contributed by atoms with E-state index in [0.29, 0.717) is 12.2 Å². The summed E-state index contributed by atoms with van der Waals surface area (Å²) >= 11 is 5.95. The van der Waals surface area contributed by atoms with Crippen LogP contribution in [0.4, 0.5) is 0 Å². The third-order valence-corrected chi connectivity index (χ3v) is 4.99. The molecule has 0 bridgehead atoms. The highest BCUT2D eigenvalue weighted by Gasteiger charge is 2.24. The molecular weight excluding hydrogens is 370 g/mol. The second kappa shape index (κ2) is 8.38. The highest BCUT2D eigenvalue weighted by Crippen LogP contribution is 2.20. The Morgan fingerprint density at radius 1 is 1.00 bits per heavy atom. The summed E-state index contributed by atoms with van der Waals surface area (Å²) in [7, 11) is 0. The summed E-state index contributed by atoms with van der Waals surface area (Å²) in [6.07, 6.45) is 4.32. The molecule has 4 nitrogen and oxygen atoms in total. The Labute approximate surface area is 168 Å². The van der Waals surface area contributed by atoms with Gasteiger partial charge in [0.25, 0.3) is 0 Å². The lowest BCUT2D eigenvalue weighted by atomic mass is 10.0. The van der Waals surface area contributed by atoms with Crippen LogP contribution in [-0.2, 0) is 6.42 Å². The average Bonchev–Trinajstić information content (AvgIpc) is 3.17. The van der Waals surface area contributed by atoms with Crippen molar-refractivity contribution in [2.75, 3.05) is 6.54 Å². The van der Waals surface area contributed by atoms with Gasteiger partial charge in [-0.1, -0.05) is 60.1 Å². The van der Waals surface area contributed by atoms with Gasteiger partial charge in [0.15, 0.2) is 0 Å². The van der Waals surface area contributed by atoms with Crippen molar-refractivity contribution in [3.63, 3.8) is 0 Å². The highest BCUT2D eigenvalue weighted by atomic mass is 35.5. The van der Waals surface area contributed by atoms with Gasteiger partial charge in [-0.25, -0.2) is 4.98 Å². The number of hydrogen-bond acceptors (Lipinski definition) is 3. The van der Waals surface area contributed by atoms with Gasteiger partial charge in [0, 0.05) is 17.8 Å². The third kappa shape index (κ3) is 3.98. The maximum absolute atomic E-state index is 13.4. The summed E-state index contributed by atoms with van der Waals surface area (Å²) < 4.78 is 1.83. The van der Waals surface area contributed by atoms with Crippen LogP contribution in [0.25, 0.3) is 5.65 Å². The molecule has 4 aromatic rings. The molecule has 5 heteroatoms. The Bertz CT molecular complexity index is 1070. The van der Waals surface area contributed by atoms with E-state index in [2.05, 4.69) is 10.3 Å². The number of nitrogens with one attached hydrogen (secondary N) is 1. The van der Waals surface area contributed by atoms with Crippen LogP contribution in [0.2, 0.25) is 5.02 Å². The Morgan fingerprint density at radius 3 is 2.54 bits per heavy atom. The van der Waals surface area contributed by atoms with Crippen molar-refractivity contribution in [2.24, 2.45) is 0 Å². The molecule has 2 aromatic heterocycles. The fourth-order valence-corrected chi connectivity index (χ4v) is 3.41. The van der Waals surface area contributed by atoms with Crippen molar-refractivity contribution in [1.29, 1.82) is 0 Å². The van der Waals surface area contributed by atoms with Crippen LogP contribution in [0.15, 0.2) is 85.2 Å². The molecule has 0 radical (unpaired) electrons. The van der Waals surface area contributed by atoms with Crippen LogP contribution < -0.4 is 5.32 Å². The van der Waals surface area contributed by atoms with Crippen LogP contribution in [0.5, 0.6) is 0 Å². The number of benzene rings is 2.